The van der Waals surface area contributed by atoms with Crippen LogP contribution in [0.25, 0.3) is 0 Å². The zero-order chi connectivity index (χ0) is 16.3. The van der Waals surface area contributed by atoms with Crippen molar-refractivity contribution in [2.24, 2.45) is 0 Å². The highest BCUT2D eigenvalue weighted by Gasteiger charge is 2.22. The number of amides is 2. The lowest BCUT2D eigenvalue weighted by molar-refractivity contribution is 0.242. The Hall–Kier alpha value is -2.36. The number of nitrogens with one attached hydrogen (secondary N) is 2. The van der Waals surface area contributed by atoms with Gasteiger partial charge in [-0.05, 0) is 68.7 Å². The molecule has 2 aromatic carbocycles. The summed E-state index contributed by atoms with van der Waals surface area (Å²) in [5.41, 5.74) is 3.28. The first-order chi connectivity index (χ1) is 10.3. The molecule has 2 N–H and O–H groups in total. The number of benzene rings is 2. The van der Waals surface area contributed by atoms with E-state index in [1.165, 1.54) is 17.7 Å². The van der Waals surface area contributed by atoms with Gasteiger partial charge in [-0.25, -0.2) is 9.18 Å². The van der Waals surface area contributed by atoms with Crippen LogP contribution in [0.5, 0.6) is 0 Å². The summed E-state index contributed by atoms with van der Waals surface area (Å²) in [6, 6.07) is 11.6. The summed E-state index contributed by atoms with van der Waals surface area (Å²) in [7, 11) is 0. The molecule has 0 saturated carbocycles. The molecule has 0 atom stereocenters. The number of anilines is 1. The fourth-order valence-electron chi connectivity index (χ4n) is 2.20. The predicted octanol–water partition coefficient (Wildman–Crippen LogP) is 4.50. The fourth-order valence-corrected chi connectivity index (χ4v) is 2.20. The molecule has 0 bridgehead atoms. The normalized spacial score (nSPS) is 11.1. The number of urea groups is 1. The van der Waals surface area contributed by atoms with Crippen LogP contribution >= 0.6 is 0 Å². The van der Waals surface area contributed by atoms with E-state index in [1.807, 2.05) is 45.9 Å². The van der Waals surface area contributed by atoms with E-state index in [-0.39, 0.29) is 11.8 Å². The second kappa shape index (κ2) is 6.18. The standard InChI is InChI=1S/C18H21FN2O/c1-12-5-10-16(11-13(12)2)20-17(22)21-18(3,4)14-6-8-15(19)9-7-14/h5-11H,1-4H3,(H2,20,21,22). The molecule has 116 valence electrons. The SMILES string of the molecule is Cc1ccc(NC(=O)NC(C)(C)c2ccc(F)cc2)cc1C. The van der Waals surface area contributed by atoms with Crippen molar-refractivity contribution in [3.05, 3.63) is 65.0 Å². The number of hydrogen-bond acceptors (Lipinski definition) is 1. The Balaban J connectivity index is 2.07. The quantitative estimate of drug-likeness (QED) is 0.861. The number of carbonyl (C=O) groups is 1. The molecule has 0 spiro atoms. The lowest BCUT2D eigenvalue weighted by Crippen LogP contribution is -2.43. The van der Waals surface area contributed by atoms with Crippen molar-refractivity contribution in [1.82, 2.24) is 5.32 Å². The van der Waals surface area contributed by atoms with Gasteiger partial charge in [-0.15, -0.1) is 0 Å². The second-order valence-electron chi connectivity index (χ2n) is 6.01. The molecule has 3 nitrogen and oxygen atoms in total. The molecule has 2 rings (SSSR count). The average molecular weight is 300 g/mol. The zero-order valence-electron chi connectivity index (χ0n) is 13.3. The monoisotopic (exact) mass is 300 g/mol. The Morgan fingerprint density at radius 2 is 1.64 bits per heavy atom. The van der Waals surface area contributed by atoms with E-state index in [0.29, 0.717) is 0 Å². The third-order valence-electron chi connectivity index (χ3n) is 3.76. The first-order valence-corrected chi connectivity index (χ1v) is 7.20. The first-order valence-electron chi connectivity index (χ1n) is 7.20. The molecule has 0 fully saturated rings. The number of hydrogen-bond donors (Lipinski definition) is 2. The van der Waals surface area contributed by atoms with Gasteiger partial charge < -0.3 is 10.6 Å². The number of rotatable bonds is 3. The van der Waals surface area contributed by atoms with Gasteiger partial charge in [0.2, 0.25) is 0 Å². The maximum atomic E-state index is 13.0. The van der Waals surface area contributed by atoms with Crippen LogP contribution < -0.4 is 10.6 Å². The molecular weight excluding hydrogens is 279 g/mol. The van der Waals surface area contributed by atoms with Gasteiger partial charge in [0.05, 0.1) is 5.54 Å². The lowest BCUT2D eigenvalue weighted by atomic mass is 9.94. The molecule has 2 amide bonds. The van der Waals surface area contributed by atoms with E-state index < -0.39 is 5.54 Å². The van der Waals surface area contributed by atoms with Crippen molar-refractivity contribution in [1.29, 1.82) is 0 Å². The molecule has 0 heterocycles. The van der Waals surface area contributed by atoms with E-state index in [9.17, 15) is 9.18 Å². The number of halogens is 1. The van der Waals surface area contributed by atoms with Crippen LogP contribution in [0.1, 0.15) is 30.5 Å². The van der Waals surface area contributed by atoms with Crippen LogP contribution in [0.4, 0.5) is 14.9 Å². The molecule has 0 radical (unpaired) electrons. The van der Waals surface area contributed by atoms with Crippen molar-refractivity contribution in [2.75, 3.05) is 5.32 Å². The Kier molecular flexibility index (Phi) is 4.50. The van der Waals surface area contributed by atoms with Gasteiger partial charge in [-0.2, -0.15) is 0 Å². The third-order valence-corrected chi connectivity index (χ3v) is 3.76. The van der Waals surface area contributed by atoms with Crippen molar-refractivity contribution in [3.63, 3.8) is 0 Å². The average Bonchev–Trinajstić information content (AvgIpc) is 2.42. The van der Waals surface area contributed by atoms with E-state index in [0.717, 1.165) is 16.8 Å². The number of carbonyl (C=O) groups excluding carboxylic acids is 1. The summed E-state index contributed by atoms with van der Waals surface area (Å²) < 4.78 is 13.0. The molecule has 22 heavy (non-hydrogen) atoms. The largest absolute Gasteiger partial charge is 0.329 e. The molecule has 0 aliphatic heterocycles. The minimum absolute atomic E-state index is 0.292. The van der Waals surface area contributed by atoms with Crippen molar-refractivity contribution in [2.45, 2.75) is 33.2 Å². The molecule has 0 aliphatic rings. The summed E-state index contributed by atoms with van der Waals surface area (Å²) in [5, 5.41) is 5.73. The Bertz CT molecular complexity index is 678. The highest BCUT2D eigenvalue weighted by atomic mass is 19.1. The van der Waals surface area contributed by atoms with Crippen LogP contribution in [-0.2, 0) is 5.54 Å². The summed E-state index contributed by atoms with van der Waals surface area (Å²) in [6.07, 6.45) is 0. The van der Waals surface area contributed by atoms with Crippen molar-refractivity contribution in [3.8, 4) is 0 Å². The van der Waals surface area contributed by atoms with Crippen LogP contribution in [0.3, 0.4) is 0 Å². The minimum Gasteiger partial charge on any atom is -0.329 e. The van der Waals surface area contributed by atoms with Gasteiger partial charge in [-0.1, -0.05) is 18.2 Å². The van der Waals surface area contributed by atoms with Crippen LogP contribution in [0.15, 0.2) is 42.5 Å². The Morgan fingerprint density at radius 3 is 2.23 bits per heavy atom. The van der Waals surface area contributed by atoms with E-state index in [2.05, 4.69) is 10.6 Å². The van der Waals surface area contributed by atoms with Crippen LogP contribution in [0, 0.1) is 19.7 Å². The summed E-state index contributed by atoms with van der Waals surface area (Å²) in [4.78, 5) is 12.2. The van der Waals surface area contributed by atoms with Gasteiger partial charge in [0.25, 0.3) is 0 Å². The Labute approximate surface area is 130 Å². The lowest BCUT2D eigenvalue weighted by Gasteiger charge is -2.27. The van der Waals surface area contributed by atoms with Crippen LogP contribution in [-0.4, -0.2) is 6.03 Å². The minimum atomic E-state index is -0.600. The molecule has 2 aromatic rings. The van der Waals surface area contributed by atoms with Gasteiger partial charge in [0.1, 0.15) is 5.82 Å². The van der Waals surface area contributed by atoms with Gasteiger partial charge >= 0.3 is 6.03 Å². The molecule has 0 saturated heterocycles. The van der Waals surface area contributed by atoms with Crippen molar-refractivity contribution < 1.29 is 9.18 Å². The van der Waals surface area contributed by atoms with E-state index >= 15 is 0 Å². The molecular formula is C18H21FN2O. The topological polar surface area (TPSA) is 41.1 Å². The maximum absolute atomic E-state index is 13.0. The fraction of sp³-hybridized carbons (Fsp3) is 0.278. The molecule has 4 heteroatoms. The third kappa shape index (κ3) is 3.85. The van der Waals surface area contributed by atoms with Crippen LogP contribution in [0.2, 0.25) is 0 Å². The molecule has 0 unspecified atom stereocenters. The summed E-state index contributed by atoms with van der Waals surface area (Å²) >= 11 is 0. The Morgan fingerprint density at radius 1 is 1.00 bits per heavy atom. The molecule has 0 aromatic heterocycles. The highest BCUT2D eigenvalue weighted by molar-refractivity contribution is 5.90. The predicted molar refractivity (Wildman–Crippen MR) is 87.5 cm³/mol. The van der Waals surface area contributed by atoms with Gasteiger partial charge in [-0.3, -0.25) is 0 Å². The maximum Gasteiger partial charge on any atom is 0.319 e. The summed E-state index contributed by atoms with van der Waals surface area (Å²) in [6.45, 7) is 7.78. The highest BCUT2D eigenvalue weighted by Crippen LogP contribution is 2.21. The van der Waals surface area contributed by atoms with E-state index in [4.69, 9.17) is 0 Å². The smallest absolute Gasteiger partial charge is 0.319 e. The van der Waals surface area contributed by atoms with Gasteiger partial charge in [0, 0.05) is 5.69 Å². The zero-order valence-corrected chi connectivity index (χ0v) is 13.3. The van der Waals surface area contributed by atoms with Gasteiger partial charge in [0.15, 0.2) is 0 Å². The van der Waals surface area contributed by atoms with E-state index in [1.54, 1.807) is 12.1 Å². The number of aryl methyl sites for hydroxylation is 2. The molecule has 0 aliphatic carbocycles. The second-order valence-corrected chi connectivity index (χ2v) is 6.01. The summed E-state index contributed by atoms with van der Waals surface area (Å²) in [5.74, 6) is -0.292. The van der Waals surface area contributed by atoms with Crippen molar-refractivity contribution >= 4 is 11.7 Å². The first kappa shape index (κ1) is 16.0.